The topological polar surface area (TPSA) is 102 Å². The van der Waals surface area contributed by atoms with E-state index in [9.17, 15) is 4.79 Å². The maximum Gasteiger partial charge on any atom is 0.250 e. The van der Waals surface area contributed by atoms with Gasteiger partial charge in [-0.2, -0.15) is 4.98 Å². The van der Waals surface area contributed by atoms with Gasteiger partial charge in [-0.05, 0) is 30.3 Å². The van der Waals surface area contributed by atoms with E-state index >= 15 is 0 Å². The number of amides is 1. The molecule has 0 saturated carbocycles. The molecule has 0 aliphatic carbocycles. The fourth-order valence-corrected chi connectivity index (χ4v) is 3.56. The number of aromatic amines is 1. The van der Waals surface area contributed by atoms with Gasteiger partial charge >= 0.3 is 0 Å². The van der Waals surface area contributed by atoms with Crippen LogP contribution in [0.2, 0.25) is 0 Å². The van der Waals surface area contributed by atoms with Gasteiger partial charge in [0.2, 0.25) is 5.95 Å². The van der Waals surface area contributed by atoms with Gasteiger partial charge in [-0.15, -0.1) is 16.4 Å². The summed E-state index contributed by atoms with van der Waals surface area (Å²) in [6.45, 7) is 0. The minimum absolute atomic E-state index is 0.164. The number of aromatic nitrogens is 4. The number of benzene rings is 2. The van der Waals surface area contributed by atoms with Crippen LogP contribution in [-0.2, 0) is 4.79 Å². The van der Waals surface area contributed by atoms with Crippen molar-refractivity contribution in [1.82, 2.24) is 20.2 Å². The second kappa shape index (κ2) is 8.11. The monoisotopic (exact) mass is 407 g/mol. The molecule has 4 rings (SSSR count). The Labute approximate surface area is 170 Å². The molecule has 2 aromatic heterocycles. The Balaban J connectivity index is 1.46. The van der Waals surface area contributed by atoms with Crippen molar-refractivity contribution in [1.29, 1.82) is 0 Å². The first-order chi connectivity index (χ1) is 14.2. The van der Waals surface area contributed by atoms with E-state index in [4.69, 9.17) is 9.47 Å². The van der Waals surface area contributed by atoms with Gasteiger partial charge in [0.25, 0.3) is 5.91 Å². The van der Waals surface area contributed by atoms with Crippen molar-refractivity contribution in [3.8, 4) is 22.9 Å². The number of rotatable bonds is 6. The maximum atomic E-state index is 12.2. The van der Waals surface area contributed by atoms with Crippen LogP contribution < -0.4 is 14.8 Å². The van der Waals surface area contributed by atoms with Crippen molar-refractivity contribution >= 4 is 39.5 Å². The van der Waals surface area contributed by atoms with Crippen LogP contribution in [0.15, 0.2) is 48.5 Å². The van der Waals surface area contributed by atoms with Crippen LogP contribution >= 0.6 is 11.3 Å². The molecule has 29 heavy (non-hydrogen) atoms. The lowest BCUT2D eigenvalue weighted by Gasteiger charge is -2.07. The first-order valence-corrected chi connectivity index (χ1v) is 9.47. The van der Waals surface area contributed by atoms with Crippen molar-refractivity contribution in [3.63, 3.8) is 0 Å². The molecule has 0 atom stereocenters. The molecular weight excluding hydrogens is 390 g/mol. The van der Waals surface area contributed by atoms with Gasteiger partial charge in [0.1, 0.15) is 16.5 Å². The number of hydrogen-bond acceptors (Lipinski definition) is 7. The summed E-state index contributed by atoms with van der Waals surface area (Å²) in [6, 6.07) is 13.2. The third-order valence-corrected chi connectivity index (χ3v) is 5.07. The highest BCUT2D eigenvalue weighted by Gasteiger charge is 2.13. The Morgan fingerprint density at radius 1 is 1.14 bits per heavy atom. The van der Waals surface area contributed by atoms with Crippen molar-refractivity contribution in [2.24, 2.45) is 0 Å². The lowest BCUT2D eigenvalue weighted by atomic mass is 10.2. The molecule has 0 unspecified atom stereocenters. The van der Waals surface area contributed by atoms with Crippen LogP contribution in [0.3, 0.4) is 0 Å². The van der Waals surface area contributed by atoms with Gasteiger partial charge in [0, 0.05) is 12.1 Å². The number of carbonyl (C=O) groups excluding carboxylic acids is 1. The molecule has 0 fully saturated rings. The average molecular weight is 407 g/mol. The second-order valence-corrected chi connectivity index (χ2v) is 6.98. The van der Waals surface area contributed by atoms with Crippen LogP contribution in [-0.4, -0.2) is 40.3 Å². The number of ether oxygens (including phenoxy) is 2. The van der Waals surface area contributed by atoms with E-state index in [0.717, 1.165) is 15.2 Å². The standard InChI is InChI=1S/C20H17N5O3S/c1-27-12-7-8-13(15(11-12)28-2)19-23-20(25-24-19)22-17(26)9-10-18-21-14-5-3-4-6-16(14)29-18/h3-11H,1-2H3,(H2,22,23,24,25,26)/b10-9+. The van der Waals surface area contributed by atoms with Crippen molar-refractivity contribution < 1.29 is 14.3 Å². The second-order valence-electron chi connectivity index (χ2n) is 5.92. The molecular formula is C20H17N5O3S. The van der Waals surface area contributed by atoms with Crippen LogP contribution in [0.25, 0.3) is 27.7 Å². The van der Waals surface area contributed by atoms with Crippen LogP contribution in [0, 0.1) is 0 Å². The first kappa shape index (κ1) is 18.6. The van der Waals surface area contributed by atoms with Gasteiger partial charge in [-0.1, -0.05) is 12.1 Å². The average Bonchev–Trinajstić information content (AvgIpc) is 3.38. The van der Waals surface area contributed by atoms with Crippen LogP contribution in [0.5, 0.6) is 11.5 Å². The van der Waals surface area contributed by atoms with Gasteiger partial charge in [-0.3, -0.25) is 15.2 Å². The van der Waals surface area contributed by atoms with Gasteiger partial charge in [0.15, 0.2) is 5.82 Å². The largest absolute Gasteiger partial charge is 0.497 e. The molecule has 2 heterocycles. The predicted molar refractivity (Wildman–Crippen MR) is 112 cm³/mol. The Morgan fingerprint density at radius 2 is 2.00 bits per heavy atom. The van der Waals surface area contributed by atoms with E-state index in [-0.39, 0.29) is 11.9 Å². The molecule has 1 amide bonds. The zero-order valence-electron chi connectivity index (χ0n) is 15.7. The minimum atomic E-state index is -0.350. The molecule has 0 spiro atoms. The van der Waals surface area contributed by atoms with E-state index in [0.29, 0.717) is 22.9 Å². The zero-order valence-corrected chi connectivity index (χ0v) is 16.5. The molecule has 2 aromatic carbocycles. The number of methoxy groups -OCH3 is 2. The van der Waals surface area contributed by atoms with Crippen LogP contribution in [0.1, 0.15) is 5.01 Å². The molecule has 0 bridgehead atoms. The molecule has 9 heteroatoms. The summed E-state index contributed by atoms with van der Waals surface area (Å²) < 4.78 is 11.6. The number of H-pyrrole nitrogens is 1. The van der Waals surface area contributed by atoms with E-state index in [2.05, 4.69) is 25.5 Å². The summed E-state index contributed by atoms with van der Waals surface area (Å²) in [5.74, 6) is 1.52. The summed E-state index contributed by atoms with van der Waals surface area (Å²) in [6.07, 6.45) is 3.07. The Hall–Kier alpha value is -3.72. The Kier molecular flexibility index (Phi) is 5.21. The summed E-state index contributed by atoms with van der Waals surface area (Å²) in [5, 5.41) is 10.2. The maximum absolute atomic E-state index is 12.2. The Bertz CT molecular complexity index is 1160. The summed E-state index contributed by atoms with van der Waals surface area (Å²) in [7, 11) is 3.14. The molecule has 0 aliphatic heterocycles. The van der Waals surface area contributed by atoms with E-state index in [1.165, 1.54) is 17.4 Å². The van der Waals surface area contributed by atoms with Gasteiger partial charge in [0.05, 0.1) is 30.0 Å². The molecule has 0 aliphatic rings. The fraction of sp³-hybridized carbons (Fsp3) is 0.100. The van der Waals surface area contributed by atoms with Gasteiger partial charge < -0.3 is 9.47 Å². The fourth-order valence-electron chi connectivity index (χ4n) is 2.69. The zero-order chi connectivity index (χ0) is 20.2. The van der Waals surface area contributed by atoms with E-state index in [1.54, 1.807) is 38.5 Å². The number of carbonyl (C=O) groups is 1. The van der Waals surface area contributed by atoms with E-state index < -0.39 is 0 Å². The summed E-state index contributed by atoms with van der Waals surface area (Å²) in [4.78, 5) is 21.0. The highest BCUT2D eigenvalue weighted by atomic mass is 32.1. The van der Waals surface area contributed by atoms with Gasteiger partial charge in [-0.25, -0.2) is 4.98 Å². The Morgan fingerprint density at radius 3 is 2.79 bits per heavy atom. The molecule has 8 nitrogen and oxygen atoms in total. The molecule has 0 saturated heterocycles. The number of nitrogens with one attached hydrogen (secondary N) is 2. The third-order valence-electron chi connectivity index (χ3n) is 4.07. The number of fused-ring (bicyclic) bond motifs is 1. The number of thiazole rings is 1. The van der Waals surface area contributed by atoms with Crippen LogP contribution in [0.4, 0.5) is 5.95 Å². The minimum Gasteiger partial charge on any atom is -0.497 e. The predicted octanol–water partition coefficient (Wildman–Crippen LogP) is 3.75. The number of nitrogens with zero attached hydrogens (tertiary/aromatic N) is 3. The summed E-state index contributed by atoms with van der Waals surface area (Å²) >= 11 is 1.51. The first-order valence-electron chi connectivity index (χ1n) is 8.65. The molecule has 0 radical (unpaired) electrons. The quantitative estimate of drug-likeness (QED) is 0.472. The molecule has 4 aromatic rings. The normalized spacial score (nSPS) is 11.1. The number of hydrogen-bond donors (Lipinski definition) is 2. The SMILES string of the molecule is COc1ccc(-c2nc(NC(=O)/C=C/c3nc4ccccc4s3)n[nH]2)c(OC)c1. The highest BCUT2D eigenvalue weighted by molar-refractivity contribution is 7.19. The van der Waals surface area contributed by atoms with Crippen molar-refractivity contribution in [2.45, 2.75) is 0 Å². The lowest BCUT2D eigenvalue weighted by molar-refractivity contribution is -0.111. The van der Waals surface area contributed by atoms with Crippen molar-refractivity contribution in [3.05, 3.63) is 53.5 Å². The van der Waals surface area contributed by atoms with Crippen molar-refractivity contribution in [2.75, 3.05) is 19.5 Å². The molecule has 2 N–H and O–H groups in total. The number of para-hydroxylation sites is 1. The third kappa shape index (κ3) is 4.09. The number of anilines is 1. The molecule has 146 valence electrons. The lowest BCUT2D eigenvalue weighted by Crippen LogP contribution is -2.09. The summed E-state index contributed by atoms with van der Waals surface area (Å²) in [5.41, 5.74) is 1.61. The highest BCUT2D eigenvalue weighted by Crippen LogP contribution is 2.31. The van der Waals surface area contributed by atoms with E-state index in [1.807, 2.05) is 24.3 Å². The smallest absolute Gasteiger partial charge is 0.250 e.